The van der Waals surface area contributed by atoms with E-state index in [1.807, 2.05) is 31.2 Å². The fourth-order valence-electron chi connectivity index (χ4n) is 3.22. The quantitative estimate of drug-likeness (QED) is 0.418. The van der Waals surface area contributed by atoms with Crippen LogP contribution < -0.4 is 10.6 Å². The van der Waals surface area contributed by atoms with Gasteiger partial charge in [0, 0.05) is 17.6 Å². The third kappa shape index (κ3) is 4.44. The number of nitrogens with zero attached hydrogens (tertiary/aromatic N) is 1. The molecule has 0 spiro atoms. The van der Waals surface area contributed by atoms with Crippen molar-refractivity contribution in [3.63, 3.8) is 0 Å². The Labute approximate surface area is 184 Å². The highest BCUT2D eigenvalue weighted by Crippen LogP contribution is 2.27. The molecule has 0 bridgehead atoms. The summed E-state index contributed by atoms with van der Waals surface area (Å²) in [5, 5.41) is 6.63. The van der Waals surface area contributed by atoms with Crippen LogP contribution in [0.25, 0.3) is 22.4 Å². The van der Waals surface area contributed by atoms with Crippen LogP contribution in [-0.4, -0.2) is 23.3 Å². The monoisotopic (exact) mass is 433 g/mol. The number of hydrogen-bond donors (Lipinski definition) is 2. The molecule has 2 heterocycles. The van der Waals surface area contributed by atoms with E-state index in [9.17, 15) is 9.59 Å². The number of carbonyl (C=O) groups is 2. The second-order valence-corrected chi connectivity index (χ2v) is 7.36. The minimum Gasteiger partial charge on any atom is -0.463 e. The Hall–Kier alpha value is -3.64. The van der Waals surface area contributed by atoms with Crippen molar-refractivity contribution in [3.05, 3.63) is 83.1 Å². The van der Waals surface area contributed by atoms with E-state index in [0.29, 0.717) is 40.3 Å². The number of para-hydroxylation sites is 1. The third-order valence-electron chi connectivity index (χ3n) is 4.74. The van der Waals surface area contributed by atoms with Gasteiger partial charge < -0.3 is 15.1 Å². The van der Waals surface area contributed by atoms with Gasteiger partial charge in [-0.15, -0.1) is 0 Å². The Bertz CT molecular complexity index is 1250. The van der Waals surface area contributed by atoms with Crippen LogP contribution in [0.3, 0.4) is 0 Å². The normalized spacial score (nSPS) is 10.8. The number of anilines is 1. The lowest BCUT2D eigenvalue weighted by atomic mass is 10.1. The van der Waals surface area contributed by atoms with E-state index < -0.39 is 0 Å². The first-order chi connectivity index (χ1) is 15.1. The molecule has 0 fully saturated rings. The van der Waals surface area contributed by atoms with Gasteiger partial charge in [0.2, 0.25) is 0 Å². The molecule has 0 radical (unpaired) electrons. The van der Waals surface area contributed by atoms with Crippen molar-refractivity contribution in [2.24, 2.45) is 0 Å². The highest BCUT2D eigenvalue weighted by atomic mass is 35.5. The van der Waals surface area contributed by atoms with Crippen LogP contribution in [0.5, 0.6) is 0 Å². The number of pyridine rings is 1. The molecule has 2 aromatic carbocycles. The number of carbonyl (C=O) groups excluding carboxylic acids is 2. The first-order valence-electron chi connectivity index (χ1n) is 9.89. The van der Waals surface area contributed by atoms with Crippen molar-refractivity contribution in [3.8, 4) is 11.5 Å². The molecule has 2 aromatic heterocycles. The molecule has 2 N–H and O–H groups in total. The Balaban J connectivity index is 1.64. The second-order valence-electron chi connectivity index (χ2n) is 6.95. The summed E-state index contributed by atoms with van der Waals surface area (Å²) in [5.41, 5.74) is 2.56. The van der Waals surface area contributed by atoms with E-state index in [1.54, 1.807) is 42.7 Å². The smallest absolute Gasteiger partial charge is 0.256 e. The van der Waals surface area contributed by atoms with Crippen LogP contribution in [-0.2, 0) is 0 Å². The van der Waals surface area contributed by atoms with E-state index in [1.165, 1.54) is 0 Å². The molecule has 2 amide bonds. The van der Waals surface area contributed by atoms with Crippen LogP contribution in [0, 0.1) is 0 Å². The molecular weight excluding hydrogens is 414 g/mol. The summed E-state index contributed by atoms with van der Waals surface area (Å²) in [6.45, 7) is 2.54. The second kappa shape index (κ2) is 9.02. The maximum absolute atomic E-state index is 13.1. The minimum absolute atomic E-state index is 0.243. The van der Waals surface area contributed by atoms with Crippen LogP contribution in [0.1, 0.15) is 34.1 Å². The molecule has 156 valence electrons. The van der Waals surface area contributed by atoms with Gasteiger partial charge in [-0.2, -0.15) is 0 Å². The maximum Gasteiger partial charge on any atom is 0.256 e. The molecule has 4 rings (SSSR count). The number of halogens is 1. The third-order valence-corrected chi connectivity index (χ3v) is 5.05. The number of furan rings is 1. The lowest BCUT2D eigenvalue weighted by Crippen LogP contribution is -2.24. The van der Waals surface area contributed by atoms with Gasteiger partial charge in [0.15, 0.2) is 5.76 Å². The van der Waals surface area contributed by atoms with E-state index in [-0.39, 0.29) is 16.8 Å². The van der Waals surface area contributed by atoms with Gasteiger partial charge in [0.1, 0.15) is 5.69 Å². The van der Waals surface area contributed by atoms with Crippen molar-refractivity contribution < 1.29 is 14.0 Å². The Kier molecular flexibility index (Phi) is 6.00. The standard InChI is InChI=1S/C24H20ClN3O3/c1-2-11-26-23(29)17-10-9-15(13-19(17)25)27-24(30)18-14-21(22-8-5-12-31-22)28-20-7-4-3-6-16(18)20/h3-10,12-14H,2,11H2,1H3,(H,26,29)(H,27,30). The van der Waals surface area contributed by atoms with Crippen molar-refractivity contribution in [2.45, 2.75) is 13.3 Å². The van der Waals surface area contributed by atoms with Crippen molar-refractivity contribution >= 4 is 40.0 Å². The summed E-state index contributed by atoms with van der Waals surface area (Å²) >= 11 is 6.29. The van der Waals surface area contributed by atoms with E-state index >= 15 is 0 Å². The van der Waals surface area contributed by atoms with E-state index in [0.717, 1.165) is 11.8 Å². The molecule has 7 heteroatoms. The number of benzene rings is 2. The molecule has 0 aliphatic carbocycles. The Morgan fingerprint density at radius 2 is 1.84 bits per heavy atom. The molecular formula is C24H20ClN3O3. The van der Waals surface area contributed by atoms with Gasteiger partial charge >= 0.3 is 0 Å². The number of hydrogen-bond acceptors (Lipinski definition) is 4. The summed E-state index contributed by atoms with van der Waals surface area (Å²) < 4.78 is 5.45. The highest BCUT2D eigenvalue weighted by Gasteiger charge is 2.16. The van der Waals surface area contributed by atoms with Crippen LogP contribution in [0.4, 0.5) is 5.69 Å². The summed E-state index contributed by atoms with van der Waals surface area (Å²) in [7, 11) is 0. The van der Waals surface area contributed by atoms with Gasteiger partial charge in [-0.05, 0) is 48.9 Å². The van der Waals surface area contributed by atoms with Crippen LogP contribution in [0.2, 0.25) is 5.02 Å². The predicted octanol–water partition coefficient (Wildman–Crippen LogP) is 5.54. The number of rotatable bonds is 6. The average molecular weight is 434 g/mol. The van der Waals surface area contributed by atoms with Gasteiger partial charge in [-0.1, -0.05) is 36.7 Å². The lowest BCUT2D eigenvalue weighted by Gasteiger charge is -2.11. The molecule has 0 saturated heterocycles. The summed E-state index contributed by atoms with van der Waals surface area (Å²) in [5.74, 6) is 0.0175. The molecule has 0 atom stereocenters. The number of fused-ring (bicyclic) bond motifs is 1. The molecule has 0 saturated carbocycles. The van der Waals surface area contributed by atoms with E-state index in [4.69, 9.17) is 16.0 Å². The van der Waals surface area contributed by atoms with Gasteiger partial charge in [0.25, 0.3) is 11.8 Å². The molecule has 31 heavy (non-hydrogen) atoms. The topological polar surface area (TPSA) is 84.2 Å². The van der Waals surface area contributed by atoms with Crippen molar-refractivity contribution in [1.29, 1.82) is 0 Å². The fraction of sp³-hybridized carbons (Fsp3) is 0.125. The van der Waals surface area contributed by atoms with Gasteiger partial charge in [0.05, 0.1) is 27.9 Å². The highest BCUT2D eigenvalue weighted by molar-refractivity contribution is 6.34. The summed E-state index contributed by atoms with van der Waals surface area (Å²) in [4.78, 5) is 29.9. The minimum atomic E-state index is -0.314. The summed E-state index contributed by atoms with van der Waals surface area (Å²) in [6.07, 6.45) is 2.39. The summed E-state index contributed by atoms with van der Waals surface area (Å²) in [6, 6.07) is 17.5. The Morgan fingerprint density at radius 3 is 2.58 bits per heavy atom. The van der Waals surface area contributed by atoms with E-state index in [2.05, 4.69) is 15.6 Å². The Morgan fingerprint density at radius 1 is 1.00 bits per heavy atom. The van der Waals surface area contributed by atoms with Crippen LogP contribution >= 0.6 is 11.6 Å². The van der Waals surface area contributed by atoms with Gasteiger partial charge in [-0.3, -0.25) is 9.59 Å². The molecule has 0 aliphatic rings. The molecule has 0 unspecified atom stereocenters. The first-order valence-corrected chi connectivity index (χ1v) is 10.3. The van der Waals surface area contributed by atoms with Crippen molar-refractivity contribution in [2.75, 3.05) is 11.9 Å². The van der Waals surface area contributed by atoms with Crippen molar-refractivity contribution in [1.82, 2.24) is 10.3 Å². The first kappa shape index (κ1) is 20.6. The zero-order valence-electron chi connectivity index (χ0n) is 16.8. The zero-order chi connectivity index (χ0) is 21.8. The number of amides is 2. The molecule has 0 aliphatic heterocycles. The molecule has 6 nitrogen and oxygen atoms in total. The average Bonchev–Trinajstić information content (AvgIpc) is 3.32. The lowest BCUT2D eigenvalue weighted by molar-refractivity contribution is 0.0953. The molecule has 4 aromatic rings. The van der Waals surface area contributed by atoms with Gasteiger partial charge in [-0.25, -0.2) is 4.98 Å². The SMILES string of the molecule is CCCNC(=O)c1ccc(NC(=O)c2cc(-c3ccco3)nc3ccccc23)cc1Cl. The van der Waals surface area contributed by atoms with Crippen LogP contribution in [0.15, 0.2) is 71.3 Å². The fourth-order valence-corrected chi connectivity index (χ4v) is 3.49. The zero-order valence-corrected chi connectivity index (χ0v) is 17.6. The largest absolute Gasteiger partial charge is 0.463 e. The maximum atomic E-state index is 13.1. The number of aromatic nitrogens is 1. The predicted molar refractivity (Wildman–Crippen MR) is 121 cm³/mol. The number of nitrogens with one attached hydrogen (secondary N) is 2.